The third-order valence-corrected chi connectivity index (χ3v) is 2.05. The molecular formula is C10H13N3O3. The number of amidine groups is 1. The maximum absolute atomic E-state index is 10.7. The molecule has 0 saturated carbocycles. The van der Waals surface area contributed by atoms with Crippen LogP contribution in [0.15, 0.2) is 24.3 Å². The molecule has 16 heavy (non-hydrogen) atoms. The molecule has 1 unspecified atom stereocenters. The molecule has 1 aromatic rings. The Kier molecular flexibility index (Phi) is 3.82. The minimum absolute atomic E-state index is 0.123. The summed E-state index contributed by atoms with van der Waals surface area (Å²) in [5.74, 6) is -0.00444. The maximum atomic E-state index is 10.7. The molecule has 0 fully saturated rings. The van der Waals surface area contributed by atoms with Crippen molar-refractivity contribution in [3.8, 4) is 5.75 Å². The van der Waals surface area contributed by atoms with Crippen molar-refractivity contribution < 1.29 is 9.66 Å². The first kappa shape index (κ1) is 12.0. The first-order valence-corrected chi connectivity index (χ1v) is 4.80. The van der Waals surface area contributed by atoms with Gasteiger partial charge in [-0.05, 0) is 12.5 Å². The highest BCUT2D eigenvalue weighted by atomic mass is 16.6. The lowest BCUT2D eigenvalue weighted by molar-refractivity contribution is -0.386. The van der Waals surface area contributed by atoms with Crippen LogP contribution in [0.3, 0.4) is 0 Å². The fourth-order valence-corrected chi connectivity index (χ4v) is 1.23. The van der Waals surface area contributed by atoms with E-state index in [1.54, 1.807) is 19.1 Å². The van der Waals surface area contributed by atoms with Crippen molar-refractivity contribution in [2.45, 2.75) is 19.4 Å². The summed E-state index contributed by atoms with van der Waals surface area (Å²) < 4.78 is 5.33. The summed E-state index contributed by atoms with van der Waals surface area (Å²) in [6.45, 7) is 1.79. The second-order valence-corrected chi connectivity index (χ2v) is 3.19. The van der Waals surface area contributed by atoms with Crippen molar-refractivity contribution in [3.05, 3.63) is 34.4 Å². The van der Waals surface area contributed by atoms with Crippen LogP contribution in [0.4, 0.5) is 5.69 Å². The normalized spacial score (nSPS) is 11.8. The van der Waals surface area contributed by atoms with Crippen molar-refractivity contribution >= 4 is 11.5 Å². The molecule has 0 spiro atoms. The topological polar surface area (TPSA) is 102 Å². The van der Waals surface area contributed by atoms with E-state index in [4.69, 9.17) is 15.9 Å². The molecule has 1 atom stereocenters. The molecular weight excluding hydrogens is 210 g/mol. The van der Waals surface area contributed by atoms with E-state index >= 15 is 0 Å². The van der Waals surface area contributed by atoms with Gasteiger partial charge in [-0.1, -0.05) is 19.1 Å². The molecule has 0 amide bonds. The number of hydrogen-bond donors (Lipinski definition) is 2. The van der Waals surface area contributed by atoms with E-state index in [2.05, 4.69) is 0 Å². The Labute approximate surface area is 92.7 Å². The number of nitrogens with zero attached hydrogens (tertiary/aromatic N) is 1. The van der Waals surface area contributed by atoms with Crippen molar-refractivity contribution in [1.82, 2.24) is 0 Å². The molecule has 86 valence electrons. The van der Waals surface area contributed by atoms with Gasteiger partial charge < -0.3 is 10.5 Å². The molecule has 0 aliphatic carbocycles. The van der Waals surface area contributed by atoms with Crippen LogP contribution < -0.4 is 10.5 Å². The van der Waals surface area contributed by atoms with Crippen LogP contribution in [-0.4, -0.2) is 16.9 Å². The number of para-hydroxylation sites is 2. The highest BCUT2D eigenvalue weighted by Crippen LogP contribution is 2.27. The molecule has 6 heteroatoms. The highest BCUT2D eigenvalue weighted by molar-refractivity contribution is 5.82. The molecule has 1 rings (SSSR count). The summed E-state index contributed by atoms with van der Waals surface area (Å²) in [7, 11) is 0. The van der Waals surface area contributed by atoms with E-state index in [0.29, 0.717) is 6.42 Å². The zero-order chi connectivity index (χ0) is 12.1. The minimum Gasteiger partial charge on any atom is -0.475 e. The van der Waals surface area contributed by atoms with E-state index in [9.17, 15) is 10.1 Å². The fraction of sp³-hybridized carbons (Fsp3) is 0.300. The molecule has 6 nitrogen and oxygen atoms in total. The van der Waals surface area contributed by atoms with Gasteiger partial charge in [-0.2, -0.15) is 0 Å². The first-order valence-electron chi connectivity index (χ1n) is 4.80. The Balaban J connectivity index is 2.95. The molecule has 1 aromatic carbocycles. The van der Waals surface area contributed by atoms with Gasteiger partial charge in [0.2, 0.25) is 0 Å². The number of ether oxygens (including phenoxy) is 1. The second kappa shape index (κ2) is 5.11. The van der Waals surface area contributed by atoms with E-state index in [0.717, 1.165) is 0 Å². The first-order chi connectivity index (χ1) is 7.56. The monoisotopic (exact) mass is 223 g/mol. The van der Waals surface area contributed by atoms with Crippen molar-refractivity contribution in [3.63, 3.8) is 0 Å². The maximum Gasteiger partial charge on any atom is 0.310 e. The molecule has 0 bridgehead atoms. The van der Waals surface area contributed by atoms with E-state index in [-0.39, 0.29) is 17.3 Å². The van der Waals surface area contributed by atoms with Crippen molar-refractivity contribution in [2.75, 3.05) is 0 Å². The highest BCUT2D eigenvalue weighted by Gasteiger charge is 2.18. The SMILES string of the molecule is CCC(Oc1ccccc1[N+](=O)[O-])C(=N)N. The summed E-state index contributed by atoms with van der Waals surface area (Å²) in [4.78, 5) is 10.2. The van der Waals surface area contributed by atoms with Crippen LogP contribution in [0.1, 0.15) is 13.3 Å². The third-order valence-electron chi connectivity index (χ3n) is 2.05. The number of nitro groups is 1. The Morgan fingerprint density at radius 3 is 2.75 bits per heavy atom. The van der Waals surface area contributed by atoms with E-state index < -0.39 is 11.0 Å². The lowest BCUT2D eigenvalue weighted by Gasteiger charge is -2.15. The summed E-state index contributed by atoms with van der Waals surface area (Å²) in [5.41, 5.74) is 5.19. The minimum atomic E-state index is -0.624. The summed E-state index contributed by atoms with van der Waals surface area (Å²) in [6.07, 6.45) is -0.136. The summed E-state index contributed by atoms with van der Waals surface area (Å²) in [6, 6.07) is 6.03. The molecule has 0 heterocycles. The van der Waals surface area contributed by atoms with Gasteiger partial charge in [0.05, 0.1) is 4.92 Å². The van der Waals surface area contributed by atoms with Gasteiger partial charge in [-0.25, -0.2) is 0 Å². The Bertz CT molecular complexity index is 406. The van der Waals surface area contributed by atoms with Crippen molar-refractivity contribution in [1.29, 1.82) is 5.41 Å². The van der Waals surface area contributed by atoms with Gasteiger partial charge in [-0.3, -0.25) is 15.5 Å². The van der Waals surface area contributed by atoms with Crippen LogP contribution in [-0.2, 0) is 0 Å². The predicted molar refractivity (Wildman–Crippen MR) is 59.7 cm³/mol. The fourth-order valence-electron chi connectivity index (χ4n) is 1.23. The van der Waals surface area contributed by atoms with Crippen molar-refractivity contribution in [2.24, 2.45) is 5.73 Å². The number of nitrogens with two attached hydrogens (primary N) is 1. The van der Waals surface area contributed by atoms with Crippen LogP contribution in [0, 0.1) is 15.5 Å². The Morgan fingerprint density at radius 1 is 1.62 bits per heavy atom. The lowest BCUT2D eigenvalue weighted by atomic mass is 10.2. The van der Waals surface area contributed by atoms with Crippen LogP contribution >= 0.6 is 0 Å². The molecule has 0 aliphatic heterocycles. The lowest BCUT2D eigenvalue weighted by Crippen LogP contribution is -2.32. The van der Waals surface area contributed by atoms with Gasteiger partial charge >= 0.3 is 5.69 Å². The summed E-state index contributed by atoms with van der Waals surface area (Å²) >= 11 is 0. The van der Waals surface area contributed by atoms with Crippen LogP contribution in [0.2, 0.25) is 0 Å². The average Bonchev–Trinajstić information content (AvgIpc) is 2.25. The predicted octanol–water partition coefficient (Wildman–Crippen LogP) is 1.69. The standard InChI is InChI=1S/C10H13N3O3/c1-2-8(10(11)12)16-9-6-4-3-5-7(9)13(14)15/h3-6,8H,2H2,1H3,(H3,11,12). The van der Waals surface area contributed by atoms with Gasteiger partial charge in [-0.15, -0.1) is 0 Å². The van der Waals surface area contributed by atoms with Gasteiger partial charge in [0.1, 0.15) is 5.84 Å². The van der Waals surface area contributed by atoms with Crippen LogP contribution in [0.5, 0.6) is 5.75 Å². The smallest absolute Gasteiger partial charge is 0.310 e. The van der Waals surface area contributed by atoms with E-state index in [1.807, 2.05) is 0 Å². The molecule has 0 aromatic heterocycles. The third kappa shape index (κ3) is 2.69. The molecule has 0 aliphatic rings. The molecule has 0 radical (unpaired) electrons. The second-order valence-electron chi connectivity index (χ2n) is 3.19. The molecule has 3 N–H and O–H groups in total. The largest absolute Gasteiger partial charge is 0.475 e. The number of nitrogens with one attached hydrogen (secondary N) is 1. The van der Waals surface area contributed by atoms with Crippen LogP contribution in [0.25, 0.3) is 0 Å². The number of nitro benzene ring substituents is 1. The number of hydrogen-bond acceptors (Lipinski definition) is 4. The summed E-state index contributed by atoms with van der Waals surface area (Å²) in [5, 5.41) is 18.0. The van der Waals surface area contributed by atoms with Gasteiger partial charge in [0, 0.05) is 6.07 Å². The Hall–Kier alpha value is -2.11. The Morgan fingerprint density at radius 2 is 2.25 bits per heavy atom. The zero-order valence-electron chi connectivity index (χ0n) is 8.84. The zero-order valence-corrected chi connectivity index (χ0v) is 8.84. The van der Waals surface area contributed by atoms with Gasteiger partial charge in [0.15, 0.2) is 11.9 Å². The number of rotatable bonds is 5. The van der Waals surface area contributed by atoms with Gasteiger partial charge in [0.25, 0.3) is 0 Å². The van der Waals surface area contributed by atoms with E-state index in [1.165, 1.54) is 12.1 Å². The quantitative estimate of drug-likeness (QED) is 0.343. The average molecular weight is 223 g/mol. The number of benzene rings is 1. The molecule has 0 saturated heterocycles.